The molecule has 1 unspecified atom stereocenters. The van der Waals surface area contributed by atoms with Gasteiger partial charge in [0.1, 0.15) is 11.5 Å². The number of likely N-dealkylation sites (tertiary alicyclic amines) is 1. The third-order valence-corrected chi connectivity index (χ3v) is 4.37. The minimum absolute atomic E-state index is 0.0264. The van der Waals surface area contributed by atoms with E-state index in [1.165, 1.54) is 41.3 Å². The van der Waals surface area contributed by atoms with Gasteiger partial charge in [-0.15, -0.1) is 0 Å². The number of aliphatic carboxylic acids is 1. The average molecular weight is 345 g/mol. The van der Waals surface area contributed by atoms with Crippen molar-refractivity contribution >= 4 is 11.9 Å². The van der Waals surface area contributed by atoms with Gasteiger partial charge in [0.15, 0.2) is 0 Å². The van der Waals surface area contributed by atoms with E-state index in [2.05, 4.69) is 5.10 Å². The molecule has 0 spiro atoms. The molecular formula is C17H16FN3O4. The number of carboxylic acids is 1. The minimum atomic E-state index is -0.985. The number of hydrogen-bond acceptors (Lipinski definition) is 4. The molecule has 1 aromatic carbocycles. The fourth-order valence-electron chi connectivity index (χ4n) is 2.76. The first-order chi connectivity index (χ1) is 11.8. The molecule has 1 atom stereocenters. The Balaban J connectivity index is 1.90. The van der Waals surface area contributed by atoms with Crippen LogP contribution in [0.25, 0.3) is 5.69 Å². The number of aromatic nitrogens is 2. The molecule has 0 aliphatic carbocycles. The predicted octanol–water partition coefficient (Wildman–Crippen LogP) is 1.31. The van der Waals surface area contributed by atoms with Crippen LogP contribution in [0, 0.1) is 11.2 Å². The summed E-state index contributed by atoms with van der Waals surface area (Å²) in [5, 5.41) is 13.3. The van der Waals surface area contributed by atoms with Crippen LogP contribution in [0.3, 0.4) is 0 Å². The van der Waals surface area contributed by atoms with Gasteiger partial charge < -0.3 is 10.0 Å². The smallest absolute Gasteiger partial charge is 0.311 e. The van der Waals surface area contributed by atoms with Gasteiger partial charge >= 0.3 is 5.97 Å². The van der Waals surface area contributed by atoms with Gasteiger partial charge in [-0.1, -0.05) is 0 Å². The maximum Gasteiger partial charge on any atom is 0.311 e. The normalized spacial score (nSPS) is 19.8. The summed E-state index contributed by atoms with van der Waals surface area (Å²) in [6.07, 6.45) is 0.353. The molecule has 7 nitrogen and oxygen atoms in total. The molecule has 0 radical (unpaired) electrons. The highest BCUT2D eigenvalue weighted by Crippen LogP contribution is 2.30. The molecule has 2 heterocycles. The van der Waals surface area contributed by atoms with Crippen LogP contribution in [0.4, 0.5) is 4.39 Å². The average Bonchev–Trinajstić information content (AvgIpc) is 2.99. The fourth-order valence-corrected chi connectivity index (χ4v) is 2.76. The number of carbonyl (C=O) groups is 2. The summed E-state index contributed by atoms with van der Waals surface area (Å²) >= 11 is 0. The monoisotopic (exact) mass is 345 g/mol. The second kappa shape index (κ2) is 6.12. The van der Waals surface area contributed by atoms with E-state index in [1.807, 2.05) is 0 Å². The second-order valence-electron chi connectivity index (χ2n) is 6.29. The lowest BCUT2D eigenvalue weighted by Crippen LogP contribution is -2.36. The summed E-state index contributed by atoms with van der Waals surface area (Å²) < 4.78 is 14.0. The zero-order chi connectivity index (χ0) is 18.2. The Hall–Kier alpha value is -3.03. The number of nitrogens with zero attached hydrogens (tertiary/aromatic N) is 3. The van der Waals surface area contributed by atoms with E-state index in [-0.39, 0.29) is 12.2 Å². The highest BCUT2D eigenvalue weighted by molar-refractivity contribution is 5.93. The number of benzene rings is 1. The molecule has 1 aliphatic heterocycles. The summed E-state index contributed by atoms with van der Waals surface area (Å²) in [6, 6.07) is 7.66. The summed E-state index contributed by atoms with van der Waals surface area (Å²) in [7, 11) is 0. The number of amides is 1. The van der Waals surface area contributed by atoms with Crippen molar-refractivity contribution in [3.8, 4) is 5.69 Å². The van der Waals surface area contributed by atoms with Crippen LogP contribution < -0.4 is 5.56 Å². The Morgan fingerprint density at radius 2 is 1.88 bits per heavy atom. The van der Waals surface area contributed by atoms with Crippen LogP contribution in [-0.4, -0.2) is 44.8 Å². The molecule has 130 valence electrons. The summed E-state index contributed by atoms with van der Waals surface area (Å²) in [5.74, 6) is -1.85. The van der Waals surface area contributed by atoms with Crippen molar-refractivity contribution in [2.24, 2.45) is 5.41 Å². The SMILES string of the molecule is CC1(C(=O)O)CCN(C(=O)c2ccc(=O)n(-c3ccc(F)cc3)n2)C1. The third-order valence-electron chi connectivity index (χ3n) is 4.37. The van der Waals surface area contributed by atoms with Crippen LogP contribution >= 0.6 is 0 Å². The van der Waals surface area contributed by atoms with E-state index in [0.29, 0.717) is 18.7 Å². The lowest BCUT2D eigenvalue weighted by Gasteiger charge is -2.20. The highest BCUT2D eigenvalue weighted by Gasteiger charge is 2.42. The minimum Gasteiger partial charge on any atom is -0.481 e. The Morgan fingerprint density at radius 3 is 2.48 bits per heavy atom. The molecule has 1 amide bonds. The van der Waals surface area contributed by atoms with Gasteiger partial charge in [0.2, 0.25) is 0 Å². The van der Waals surface area contributed by atoms with E-state index in [9.17, 15) is 23.9 Å². The van der Waals surface area contributed by atoms with Crippen molar-refractivity contribution in [2.45, 2.75) is 13.3 Å². The largest absolute Gasteiger partial charge is 0.481 e. The first-order valence-electron chi connectivity index (χ1n) is 7.69. The van der Waals surface area contributed by atoms with Gasteiger partial charge in [-0.3, -0.25) is 14.4 Å². The fraction of sp³-hybridized carbons (Fsp3) is 0.294. The molecule has 0 saturated carbocycles. The standard InChI is InChI=1S/C17H16FN3O4/c1-17(16(24)25)8-9-20(10-17)15(23)13-6-7-14(22)21(19-13)12-4-2-11(18)3-5-12/h2-7H,8-10H2,1H3,(H,24,25). The second-order valence-corrected chi connectivity index (χ2v) is 6.29. The Morgan fingerprint density at radius 1 is 1.20 bits per heavy atom. The predicted molar refractivity (Wildman–Crippen MR) is 86.1 cm³/mol. The van der Waals surface area contributed by atoms with Crippen molar-refractivity contribution in [3.05, 3.63) is 58.3 Å². The van der Waals surface area contributed by atoms with Gasteiger partial charge in [0.05, 0.1) is 11.1 Å². The number of hydrogen-bond donors (Lipinski definition) is 1. The summed E-state index contributed by atoms with van der Waals surface area (Å²) in [5.41, 5.74) is -1.09. The molecule has 25 heavy (non-hydrogen) atoms. The van der Waals surface area contributed by atoms with Gasteiger partial charge in [-0.05, 0) is 43.7 Å². The molecule has 1 fully saturated rings. The zero-order valence-electron chi connectivity index (χ0n) is 13.5. The molecule has 1 aromatic heterocycles. The Bertz CT molecular complexity index is 894. The number of carbonyl (C=O) groups excluding carboxylic acids is 1. The van der Waals surface area contributed by atoms with E-state index in [0.717, 1.165) is 4.68 Å². The van der Waals surface area contributed by atoms with E-state index < -0.39 is 28.7 Å². The van der Waals surface area contributed by atoms with E-state index in [1.54, 1.807) is 6.92 Å². The number of carboxylic acid groups (broad SMARTS) is 1. The molecule has 1 aliphatic rings. The summed E-state index contributed by atoms with van der Waals surface area (Å²) in [6.45, 7) is 1.98. The molecule has 3 rings (SSSR count). The van der Waals surface area contributed by atoms with Crippen LogP contribution in [0.2, 0.25) is 0 Å². The van der Waals surface area contributed by atoms with Crippen molar-refractivity contribution in [2.75, 3.05) is 13.1 Å². The molecule has 8 heteroatoms. The Labute approximate surface area is 142 Å². The summed E-state index contributed by atoms with van der Waals surface area (Å²) in [4.78, 5) is 37.3. The molecule has 0 bridgehead atoms. The number of halogens is 1. The van der Waals surface area contributed by atoms with Crippen LogP contribution in [0.1, 0.15) is 23.8 Å². The van der Waals surface area contributed by atoms with Crippen molar-refractivity contribution < 1.29 is 19.1 Å². The molecule has 1 N–H and O–H groups in total. The van der Waals surface area contributed by atoms with Gasteiger partial charge in [-0.25, -0.2) is 4.39 Å². The van der Waals surface area contributed by atoms with Crippen LogP contribution in [-0.2, 0) is 4.79 Å². The van der Waals surface area contributed by atoms with Crippen molar-refractivity contribution in [3.63, 3.8) is 0 Å². The third kappa shape index (κ3) is 3.15. The maximum atomic E-state index is 13.0. The molecule has 2 aromatic rings. The first-order valence-corrected chi connectivity index (χ1v) is 7.69. The van der Waals surface area contributed by atoms with E-state index >= 15 is 0 Å². The van der Waals surface area contributed by atoms with Crippen molar-refractivity contribution in [1.82, 2.24) is 14.7 Å². The van der Waals surface area contributed by atoms with Crippen molar-refractivity contribution in [1.29, 1.82) is 0 Å². The van der Waals surface area contributed by atoms with Gasteiger partial charge in [0.25, 0.3) is 11.5 Å². The number of rotatable bonds is 3. The van der Waals surface area contributed by atoms with E-state index in [4.69, 9.17) is 0 Å². The quantitative estimate of drug-likeness (QED) is 0.905. The highest BCUT2D eigenvalue weighted by atomic mass is 19.1. The Kier molecular flexibility index (Phi) is 4.12. The van der Waals surface area contributed by atoms with Gasteiger partial charge in [-0.2, -0.15) is 9.78 Å². The lowest BCUT2D eigenvalue weighted by atomic mass is 9.90. The molecule has 1 saturated heterocycles. The van der Waals surface area contributed by atoms with Crippen LogP contribution in [0.15, 0.2) is 41.2 Å². The maximum absolute atomic E-state index is 13.0. The molecular weight excluding hydrogens is 329 g/mol. The lowest BCUT2D eigenvalue weighted by molar-refractivity contribution is -0.147. The van der Waals surface area contributed by atoms with Gasteiger partial charge in [0, 0.05) is 19.2 Å². The first kappa shape index (κ1) is 16.8. The topological polar surface area (TPSA) is 92.5 Å². The zero-order valence-corrected chi connectivity index (χ0v) is 13.5. The van der Waals surface area contributed by atoms with Crippen LogP contribution in [0.5, 0.6) is 0 Å².